The lowest BCUT2D eigenvalue weighted by molar-refractivity contribution is -0.0498. The second-order valence-electron chi connectivity index (χ2n) is 8.38. The van der Waals surface area contributed by atoms with E-state index in [2.05, 4.69) is 29.7 Å². The Morgan fingerprint density at radius 2 is 1.65 bits per heavy atom. The average molecular weight is 312 g/mol. The Morgan fingerprint density at radius 3 is 2.26 bits per heavy atom. The molecule has 4 aliphatic rings. The van der Waals surface area contributed by atoms with Crippen LogP contribution in [0.2, 0.25) is 0 Å². The predicted molar refractivity (Wildman–Crippen MR) is 92.0 cm³/mol. The van der Waals surface area contributed by atoms with Gasteiger partial charge in [-0.05, 0) is 79.7 Å². The second-order valence-corrected chi connectivity index (χ2v) is 8.38. The van der Waals surface area contributed by atoms with Crippen molar-refractivity contribution in [2.75, 3.05) is 6.54 Å². The van der Waals surface area contributed by atoms with E-state index in [9.17, 15) is 4.79 Å². The molecule has 5 rings (SSSR count). The standard InChI is InChI=1S/C20H28N2O/c1-14-4-2-3-5-18(14)12-21-19(23)22-13-20-9-15-6-16(10-20)8-17(7-15)11-20/h2-5,15-17H,6-13H2,1H3,(H2,21,22,23). The third kappa shape index (κ3) is 3.11. The van der Waals surface area contributed by atoms with E-state index in [1.165, 1.54) is 49.7 Å². The number of carbonyl (C=O) groups is 1. The van der Waals surface area contributed by atoms with Gasteiger partial charge in [0.2, 0.25) is 0 Å². The van der Waals surface area contributed by atoms with Crippen LogP contribution in [0.1, 0.15) is 49.7 Å². The van der Waals surface area contributed by atoms with Crippen molar-refractivity contribution in [3.05, 3.63) is 35.4 Å². The summed E-state index contributed by atoms with van der Waals surface area (Å²) in [6.45, 7) is 3.57. The largest absolute Gasteiger partial charge is 0.338 e. The van der Waals surface area contributed by atoms with E-state index in [1.54, 1.807) is 0 Å². The van der Waals surface area contributed by atoms with Crippen molar-refractivity contribution in [2.24, 2.45) is 23.2 Å². The summed E-state index contributed by atoms with van der Waals surface area (Å²) in [5.74, 6) is 2.83. The van der Waals surface area contributed by atoms with E-state index in [0.717, 1.165) is 24.3 Å². The fraction of sp³-hybridized carbons (Fsp3) is 0.650. The van der Waals surface area contributed by atoms with Gasteiger partial charge in [-0.3, -0.25) is 0 Å². The number of carbonyl (C=O) groups excluding carboxylic acids is 1. The van der Waals surface area contributed by atoms with Crippen LogP contribution in [0.3, 0.4) is 0 Å². The molecule has 0 saturated heterocycles. The molecule has 0 aromatic heterocycles. The lowest BCUT2D eigenvalue weighted by atomic mass is 9.49. The number of benzene rings is 1. The third-order valence-electron chi connectivity index (χ3n) is 6.49. The number of nitrogens with one attached hydrogen (secondary N) is 2. The maximum Gasteiger partial charge on any atom is 0.315 e. The maximum absolute atomic E-state index is 12.2. The predicted octanol–water partition coefficient (Wildman–Crippen LogP) is 4.01. The molecule has 4 bridgehead atoms. The van der Waals surface area contributed by atoms with E-state index in [1.807, 2.05) is 12.1 Å². The fourth-order valence-corrected chi connectivity index (χ4v) is 5.82. The van der Waals surface area contributed by atoms with Crippen molar-refractivity contribution in [3.8, 4) is 0 Å². The lowest BCUT2D eigenvalue weighted by Gasteiger charge is -2.56. The van der Waals surface area contributed by atoms with Gasteiger partial charge in [0, 0.05) is 13.1 Å². The first-order valence-corrected chi connectivity index (χ1v) is 9.18. The summed E-state index contributed by atoms with van der Waals surface area (Å²) in [6.07, 6.45) is 8.40. The maximum atomic E-state index is 12.2. The highest BCUT2D eigenvalue weighted by Crippen LogP contribution is 2.59. The van der Waals surface area contributed by atoms with Gasteiger partial charge < -0.3 is 10.6 Å². The minimum absolute atomic E-state index is 0.0102. The van der Waals surface area contributed by atoms with E-state index in [0.29, 0.717) is 12.0 Å². The lowest BCUT2D eigenvalue weighted by Crippen LogP contribution is -2.52. The Hall–Kier alpha value is -1.51. The van der Waals surface area contributed by atoms with Gasteiger partial charge in [0.25, 0.3) is 0 Å². The smallest absolute Gasteiger partial charge is 0.315 e. The van der Waals surface area contributed by atoms with Crippen molar-refractivity contribution < 1.29 is 4.79 Å². The monoisotopic (exact) mass is 312 g/mol. The number of rotatable bonds is 4. The normalized spacial score (nSPS) is 34.4. The van der Waals surface area contributed by atoms with Crippen molar-refractivity contribution in [1.29, 1.82) is 0 Å². The van der Waals surface area contributed by atoms with Gasteiger partial charge in [-0.25, -0.2) is 4.79 Å². The molecule has 4 saturated carbocycles. The second kappa shape index (κ2) is 5.85. The molecule has 2 N–H and O–H groups in total. The molecular formula is C20H28N2O. The zero-order valence-electron chi connectivity index (χ0n) is 14.1. The Bertz CT molecular complexity index is 560. The van der Waals surface area contributed by atoms with Crippen molar-refractivity contribution in [1.82, 2.24) is 10.6 Å². The van der Waals surface area contributed by atoms with Crippen LogP contribution in [0.15, 0.2) is 24.3 Å². The number of hydrogen-bond donors (Lipinski definition) is 2. The zero-order chi connectivity index (χ0) is 15.9. The highest BCUT2D eigenvalue weighted by molar-refractivity contribution is 5.73. The number of hydrogen-bond acceptors (Lipinski definition) is 1. The molecule has 4 fully saturated rings. The van der Waals surface area contributed by atoms with Crippen LogP contribution in [0.25, 0.3) is 0 Å². The zero-order valence-corrected chi connectivity index (χ0v) is 14.1. The van der Waals surface area contributed by atoms with Crippen LogP contribution in [0.4, 0.5) is 4.79 Å². The van der Waals surface area contributed by atoms with Gasteiger partial charge in [0.05, 0.1) is 0 Å². The summed E-state index contributed by atoms with van der Waals surface area (Å²) in [4.78, 5) is 12.2. The highest BCUT2D eigenvalue weighted by atomic mass is 16.2. The van der Waals surface area contributed by atoms with Gasteiger partial charge in [0.15, 0.2) is 0 Å². The Morgan fingerprint density at radius 1 is 1.04 bits per heavy atom. The van der Waals surface area contributed by atoms with Gasteiger partial charge in [-0.1, -0.05) is 24.3 Å². The van der Waals surface area contributed by atoms with E-state index in [-0.39, 0.29) is 6.03 Å². The van der Waals surface area contributed by atoms with Crippen LogP contribution in [0.5, 0.6) is 0 Å². The van der Waals surface area contributed by atoms with Crippen LogP contribution >= 0.6 is 0 Å². The highest BCUT2D eigenvalue weighted by Gasteiger charge is 2.50. The molecule has 4 aliphatic carbocycles. The molecule has 3 nitrogen and oxygen atoms in total. The molecule has 0 heterocycles. The fourth-order valence-electron chi connectivity index (χ4n) is 5.82. The molecule has 1 aromatic carbocycles. The summed E-state index contributed by atoms with van der Waals surface area (Å²) < 4.78 is 0. The number of urea groups is 1. The Kier molecular flexibility index (Phi) is 3.82. The van der Waals surface area contributed by atoms with Gasteiger partial charge in [-0.2, -0.15) is 0 Å². The minimum Gasteiger partial charge on any atom is -0.338 e. The number of aryl methyl sites for hydroxylation is 1. The molecule has 23 heavy (non-hydrogen) atoms. The van der Waals surface area contributed by atoms with Gasteiger partial charge >= 0.3 is 6.03 Å². The van der Waals surface area contributed by atoms with Crippen LogP contribution in [-0.2, 0) is 6.54 Å². The molecule has 2 amide bonds. The van der Waals surface area contributed by atoms with Crippen molar-refractivity contribution in [2.45, 2.75) is 52.0 Å². The van der Waals surface area contributed by atoms with Crippen LogP contribution < -0.4 is 10.6 Å². The SMILES string of the molecule is Cc1ccccc1CNC(=O)NCC12CC3CC(CC(C3)C1)C2. The molecule has 0 unspecified atom stereocenters. The molecule has 0 radical (unpaired) electrons. The first-order chi connectivity index (χ1) is 11.1. The first-order valence-electron chi connectivity index (χ1n) is 9.18. The summed E-state index contributed by atoms with van der Waals surface area (Å²) in [5, 5.41) is 6.20. The van der Waals surface area contributed by atoms with Crippen molar-refractivity contribution in [3.63, 3.8) is 0 Å². The summed E-state index contributed by atoms with van der Waals surface area (Å²) in [7, 11) is 0. The average Bonchev–Trinajstić information content (AvgIpc) is 2.51. The van der Waals surface area contributed by atoms with E-state index in [4.69, 9.17) is 0 Å². The quantitative estimate of drug-likeness (QED) is 0.866. The summed E-state index contributed by atoms with van der Waals surface area (Å²) in [6, 6.07) is 8.21. The minimum atomic E-state index is -0.0102. The Labute approximate surface area is 139 Å². The third-order valence-corrected chi connectivity index (χ3v) is 6.49. The topological polar surface area (TPSA) is 41.1 Å². The van der Waals surface area contributed by atoms with Crippen LogP contribution in [0, 0.1) is 30.1 Å². The molecule has 3 heteroatoms. The summed E-state index contributed by atoms with van der Waals surface area (Å²) >= 11 is 0. The van der Waals surface area contributed by atoms with Gasteiger partial charge in [-0.15, -0.1) is 0 Å². The first kappa shape index (κ1) is 15.0. The van der Waals surface area contributed by atoms with E-state index < -0.39 is 0 Å². The van der Waals surface area contributed by atoms with E-state index >= 15 is 0 Å². The summed E-state index contributed by atoms with van der Waals surface area (Å²) in [5.41, 5.74) is 2.83. The van der Waals surface area contributed by atoms with Gasteiger partial charge in [0.1, 0.15) is 0 Å². The van der Waals surface area contributed by atoms with Crippen LogP contribution in [-0.4, -0.2) is 12.6 Å². The molecule has 0 aliphatic heterocycles. The molecular weight excluding hydrogens is 284 g/mol. The molecule has 0 spiro atoms. The van der Waals surface area contributed by atoms with Crippen molar-refractivity contribution >= 4 is 6.03 Å². The number of amides is 2. The molecule has 0 atom stereocenters. The molecule has 1 aromatic rings. The molecule has 124 valence electrons. The Balaban J connectivity index is 1.29.